The average molecular weight is 291 g/mol. The summed E-state index contributed by atoms with van der Waals surface area (Å²) >= 11 is 0. The van der Waals surface area contributed by atoms with Crippen LogP contribution < -0.4 is 15.4 Å². The number of benzene rings is 1. The molecule has 1 saturated heterocycles. The van der Waals surface area contributed by atoms with E-state index in [0.29, 0.717) is 11.4 Å². The summed E-state index contributed by atoms with van der Waals surface area (Å²) in [6.45, 7) is 1.74. The SMILES string of the molecule is CN(C)c1ccc(N)c(OCC(=O)N2CCCCCC2)c1. The normalized spacial score (nSPS) is 15.4. The number of nitrogens with zero attached hydrogens (tertiary/aromatic N) is 2. The zero-order chi connectivity index (χ0) is 15.2. The van der Waals surface area contributed by atoms with Crippen molar-refractivity contribution in [2.75, 3.05) is 44.4 Å². The lowest BCUT2D eigenvalue weighted by molar-refractivity contribution is -0.133. The van der Waals surface area contributed by atoms with E-state index >= 15 is 0 Å². The minimum Gasteiger partial charge on any atom is -0.482 e. The second kappa shape index (κ2) is 7.20. The molecule has 0 aliphatic carbocycles. The molecule has 0 aromatic heterocycles. The number of nitrogen functional groups attached to an aromatic ring is 1. The minimum atomic E-state index is 0.0477. The molecule has 0 bridgehead atoms. The predicted octanol–water partition coefficient (Wildman–Crippen LogP) is 2.12. The molecule has 1 fully saturated rings. The van der Waals surface area contributed by atoms with Crippen molar-refractivity contribution in [2.24, 2.45) is 0 Å². The monoisotopic (exact) mass is 291 g/mol. The summed E-state index contributed by atoms with van der Waals surface area (Å²) in [5.74, 6) is 0.621. The van der Waals surface area contributed by atoms with Gasteiger partial charge in [0.1, 0.15) is 5.75 Å². The van der Waals surface area contributed by atoms with Crippen LogP contribution in [0.4, 0.5) is 11.4 Å². The van der Waals surface area contributed by atoms with Crippen LogP contribution in [0.2, 0.25) is 0 Å². The highest BCUT2D eigenvalue weighted by Crippen LogP contribution is 2.26. The van der Waals surface area contributed by atoms with Gasteiger partial charge in [-0.05, 0) is 25.0 Å². The zero-order valence-corrected chi connectivity index (χ0v) is 13.0. The molecule has 0 saturated carbocycles. The Morgan fingerprint density at radius 2 is 1.90 bits per heavy atom. The van der Waals surface area contributed by atoms with Crippen molar-refractivity contribution in [1.29, 1.82) is 0 Å². The highest BCUT2D eigenvalue weighted by atomic mass is 16.5. The minimum absolute atomic E-state index is 0.0477. The number of hydrogen-bond acceptors (Lipinski definition) is 4. The van der Waals surface area contributed by atoms with Crippen molar-refractivity contribution >= 4 is 17.3 Å². The van der Waals surface area contributed by atoms with E-state index in [4.69, 9.17) is 10.5 Å². The summed E-state index contributed by atoms with van der Waals surface area (Å²) in [4.78, 5) is 16.1. The lowest BCUT2D eigenvalue weighted by atomic mass is 10.2. The van der Waals surface area contributed by atoms with Crippen molar-refractivity contribution in [3.05, 3.63) is 18.2 Å². The molecule has 2 N–H and O–H groups in total. The Balaban J connectivity index is 1.95. The second-order valence-corrected chi connectivity index (χ2v) is 5.70. The lowest BCUT2D eigenvalue weighted by Gasteiger charge is -2.21. The van der Waals surface area contributed by atoms with E-state index in [0.717, 1.165) is 31.6 Å². The molecule has 116 valence electrons. The van der Waals surface area contributed by atoms with Gasteiger partial charge >= 0.3 is 0 Å². The summed E-state index contributed by atoms with van der Waals surface area (Å²) in [6.07, 6.45) is 4.60. The van der Waals surface area contributed by atoms with Crippen LogP contribution in [0.5, 0.6) is 5.75 Å². The lowest BCUT2D eigenvalue weighted by Crippen LogP contribution is -2.35. The van der Waals surface area contributed by atoms with Crippen LogP contribution >= 0.6 is 0 Å². The number of anilines is 2. The Labute approximate surface area is 126 Å². The molecule has 1 aliphatic heterocycles. The van der Waals surface area contributed by atoms with Gasteiger partial charge in [-0.2, -0.15) is 0 Å². The first-order valence-electron chi connectivity index (χ1n) is 7.55. The van der Waals surface area contributed by atoms with Crippen LogP contribution in [-0.2, 0) is 4.79 Å². The quantitative estimate of drug-likeness (QED) is 0.863. The molecule has 0 radical (unpaired) electrons. The Morgan fingerprint density at radius 3 is 2.52 bits per heavy atom. The maximum Gasteiger partial charge on any atom is 0.260 e. The zero-order valence-electron chi connectivity index (χ0n) is 13.0. The van der Waals surface area contributed by atoms with E-state index in [2.05, 4.69) is 0 Å². The van der Waals surface area contributed by atoms with Gasteiger partial charge in [0.15, 0.2) is 6.61 Å². The maximum absolute atomic E-state index is 12.2. The Morgan fingerprint density at radius 1 is 1.24 bits per heavy atom. The second-order valence-electron chi connectivity index (χ2n) is 5.70. The van der Waals surface area contributed by atoms with Crippen molar-refractivity contribution in [2.45, 2.75) is 25.7 Å². The number of hydrogen-bond donors (Lipinski definition) is 1. The highest BCUT2D eigenvalue weighted by Gasteiger charge is 2.16. The molecular formula is C16H25N3O2. The van der Waals surface area contributed by atoms with E-state index in [-0.39, 0.29) is 12.5 Å². The van der Waals surface area contributed by atoms with Crippen LogP contribution in [0.15, 0.2) is 18.2 Å². The topological polar surface area (TPSA) is 58.8 Å². The molecule has 0 unspecified atom stereocenters. The van der Waals surface area contributed by atoms with Gasteiger partial charge in [0.25, 0.3) is 5.91 Å². The number of amides is 1. The number of likely N-dealkylation sites (tertiary alicyclic amines) is 1. The van der Waals surface area contributed by atoms with Gasteiger partial charge in [0.2, 0.25) is 0 Å². The van der Waals surface area contributed by atoms with Gasteiger partial charge in [-0.1, -0.05) is 12.8 Å². The fraction of sp³-hybridized carbons (Fsp3) is 0.562. The standard InChI is InChI=1S/C16H25N3O2/c1-18(2)13-7-8-14(17)15(11-13)21-12-16(20)19-9-5-3-4-6-10-19/h7-8,11H,3-6,9-10,12,17H2,1-2H3. The fourth-order valence-electron chi connectivity index (χ4n) is 2.48. The van der Waals surface area contributed by atoms with Crippen LogP contribution in [0.25, 0.3) is 0 Å². The van der Waals surface area contributed by atoms with E-state index in [1.54, 1.807) is 6.07 Å². The van der Waals surface area contributed by atoms with Crippen LogP contribution in [0.1, 0.15) is 25.7 Å². The van der Waals surface area contributed by atoms with Gasteiger partial charge in [-0.15, -0.1) is 0 Å². The van der Waals surface area contributed by atoms with E-state index in [9.17, 15) is 4.79 Å². The summed E-state index contributed by atoms with van der Waals surface area (Å²) in [5.41, 5.74) is 7.47. The number of nitrogens with two attached hydrogens (primary N) is 1. The molecule has 5 heteroatoms. The molecule has 21 heavy (non-hydrogen) atoms. The molecule has 1 heterocycles. The average Bonchev–Trinajstić information content (AvgIpc) is 2.75. The first-order chi connectivity index (χ1) is 10.1. The highest BCUT2D eigenvalue weighted by molar-refractivity contribution is 5.78. The van der Waals surface area contributed by atoms with Gasteiger partial charge in [-0.25, -0.2) is 0 Å². The van der Waals surface area contributed by atoms with Crippen molar-refractivity contribution in [3.8, 4) is 5.75 Å². The summed E-state index contributed by atoms with van der Waals surface area (Å²) < 4.78 is 5.64. The summed E-state index contributed by atoms with van der Waals surface area (Å²) in [7, 11) is 3.91. The largest absolute Gasteiger partial charge is 0.482 e. The van der Waals surface area contributed by atoms with E-state index in [1.807, 2.05) is 36.0 Å². The van der Waals surface area contributed by atoms with E-state index < -0.39 is 0 Å². The maximum atomic E-state index is 12.2. The summed E-state index contributed by atoms with van der Waals surface area (Å²) in [6, 6.07) is 5.60. The molecule has 1 aromatic rings. The van der Waals surface area contributed by atoms with E-state index in [1.165, 1.54) is 12.8 Å². The fourth-order valence-corrected chi connectivity index (χ4v) is 2.48. The van der Waals surface area contributed by atoms with Crippen LogP contribution in [0, 0.1) is 0 Å². The smallest absolute Gasteiger partial charge is 0.260 e. The first-order valence-corrected chi connectivity index (χ1v) is 7.55. The number of carbonyl (C=O) groups excluding carboxylic acids is 1. The molecule has 5 nitrogen and oxygen atoms in total. The molecule has 2 rings (SSSR count). The molecule has 0 atom stereocenters. The molecular weight excluding hydrogens is 266 g/mol. The van der Waals surface area contributed by atoms with Crippen molar-refractivity contribution in [3.63, 3.8) is 0 Å². The third-order valence-corrected chi connectivity index (χ3v) is 3.82. The van der Waals surface area contributed by atoms with Crippen molar-refractivity contribution in [1.82, 2.24) is 4.90 Å². The molecule has 1 amide bonds. The third-order valence-electron chi connectivity index (χ3n) is 3.82. The van der Waals surface area contributed by atoms with Crippen molar-refractivity contribution < 1.29 is 9.53 Å². The number of ether oxygens (including phenoxy) is 1. The Hall–Kier alpha value is -1.91. The van der Waals surface area contributed by atoms with Gasteiger partial charge in [0, 0.05) is 38.9 Å². The summed E-state index contributed by atoms with van der Waals surface area (Å²) in [5, 5.41) is 0. The predicted molar refractivity (Wildman–Crippen MR) is 85.7 cm³/mol. The molecule has 1 aromatic carbocycles. The third kappa shape index (κ3) is 4.28. The van der Waals surface area contributed by atoms with Gasteiger partial charge < -0.3 is 20.3 Å². The Bertz CT molecular complexity index is 480. The number of rotatable bonds is 4. The molecule has 0 spiro atoms. The molecule has 1 aliphatic rings. The van der Waals surface area contributed by atoms with Gasteiger partial charge in [-0.3, -0.25) is 4.79 Å². The van der Waals surface area contributed by atoms with Crippen LogP contribution in [-0.4, -0.2) is 44.6 Å². The number of carbonyl (C=O) groups is 1. The first kappa shape index (κ1) is 15.5. The van der Waals surface area contributed by atoms with Gasteiger partial charge in [0.05, 0.1) is 5.69 Å². The Kier molecular flexibility index (Phi) is 5.31. The van der Waals surface area contributed by atoms with Crippen LogP contribution in [0.3, 0.4) is 0 Å².